The summed E-state index contributed by atoms with van der Waals surface area (Å²) in [6.45, 7) is 7.33. The van der Waals surface area contributed by atoms with Gasteiger partial charge >= 0.3 is 11.9 Å². The van der Waals surface area contributed by atoms with Gasteiger partial charge in [0.25, 0.3) is 0 Å². The molecule has 0 aliphatic heterocycles. The van der Waals surface area contributed by atoms with Gasteiger partial charge in [-0.1, -0.05) is 37.1 Å². The molecule has 0 aliphatic rings. The Kier molecular flexibility index (Phi) is 7.80. The number of halogens is 1. The van der Waals surface area contributed by atoms with Crippen LogP contribution in [0.1, 0.15) is 49.6 Å². The van der Waals surface area contributed by atoms with E-state index in [4.69, 9.17) is 30.2 Å². The maximum atomic E-state index is 11.7. The van der Waals surface area contributed by atoms with Crippen molar-refractivity contribution in [2.45, 2.75) is 47.0 Å². The number of fused-ring (bicyclic) bond motifs is 1. The van der Waals surface area contributed by atoms with Crippen LogP contribution in [0.4, 0.5) is 0 Å². The van der Waals surface area contributed by atoms with E-state index in [0.717, 1.165) is 40.7 Å². The molecule has 2 aromatic carbocycles. The van der Waals surface area contributed by atoms with E-state index in [-0.39, 0.29) is 12.6 Å². The number of furan rings is 1. The molecule has 0 spiro atoms. The van der Waals surface area contributed by atoms with E-state index < -0.39 is 5.97 Å². The van der Waals surface area contributed by atoms with Crippen LogP contribution in [-0.2, 0) is 27.2 Å². The van der Waals surface area contributed by atoms with E-state index in [1.807, 2.05) is 25.1 Å². The molecule has 6 nitrogen and oxygen atoms in total. The van der Waals surface area contributed by atoms with E-state index in [1.165, 1.54) is 6.92 Å². The van der Waals surface area contributed by atoms with Gasteiger partial charge in [-0.2, -0.15) is 0 Å². The number of hydrogen-bond acceptors (Lipinski definition) is 6. The summed E-state index contributed by atoms with van der Waals surface area (Å²) in [6.07, 6.45) is 2.16. The lowest BCUT2D eigenvalue weighted by Crippen LogP contribution is -2.14. The summed E-state index contributed by atoms with van der Waals surface area (Å²) in [4.78, 5) is 23.2. The number of aryl methyl sites for hydroxylation is 2. The van der Waals surface area contributed by atoms with Gasteiger partial charge in [0.15, 0.2) is 12.2 Å². The molecule has 0 unspecified atom stereocenters. The Labute approximate surface area is 192 Å². The van der Waals surface area contributed by atoms with E-state index in [1.54, 1.807) is 19.1 Å². The molecule has 0 amide bonds. The van der Waals surface area contributed by atoms with Crippen molar-refractivity contribution < 1.29 is 28.2 Å². The zero-order chi connectivity index (χ0) is 23.3. The highest BCUT2D eigenvalue weighted by atomic mass is 35.5. The fourth-order valence-electron chi connectivity index (χ4n) is 3.56. The SMILES string of the molecule is CCCc1cc(Cl)c2oc(Cc3ccc(OCC(=O)OCC)cc3)c(C)c2c1OC(C)=O. The van der Waals surface area contributed by atoms with Gasteiger partial charge in [-0.3, -0.25) is 4.79 Å². The van der Waals surface area contributed by atoms with Gasteiger partial charge in [0.1, 0.15) is 17.3 Å². The van der Waals surface area contributed by atoms with Crippen molar-refractivity contribution in [1.29, 1.82) is 0 Å². The van der Waals surface area contributed by atoms with Crippen molar-refractivity contribution in [2.75, 3.05) is 13.2 Å². The molecule has 1 aromatic heterocycles. The Morgan fingerprint density at radius 3 is 2.47 bits per heavy atom. The van der Waals surface area contributed by atoms with Crippen LogP contribution < -0.4 is 9.47 Å². The summed E-state index contributed by atoms with van der Waals surface area (Å²) in [5, 5.41) is 1.23. The lowest BCUT2D eigenvalue weighted by molar-refractivity contribution is -0.145. The van der Waals surface area contributed by atoms with Gasteiger partial charge in [-0.15, -0.1) is 0 Å². The van der Waals surface area contributed by atoms with Crippen molar-refractivity contribution in [3.05, 3.63) is 57.8 Å². The third kappa shape index (κ3) is 5.43. The quantitative estimate of drug-likeness (QED) is 0.298. The topological polar surface area (TPSA) is 75.0 Å². The van der Waals surface area contributed by atoms with Gasteiger partial charge < -0.3 is 18.6 Å². The summed E-state index contributed by atoms with van der Waals surface area (Å²) in [7, 11) is 0. The average molecular weight is 459 g/mol. The molecule has 0 aliphatic carbocycles. The maximum Gasteiger partial charge on any atom is 0.344 e. The average Bonchev–Trinajstić information content (AvgIpc) is 3.07. The number of esters is 2. The van der Waals surface area contributed by atoms with Crippen molar-refractivity contribution in [1.82, 2.24) is 0 Å². The summed E-state index contributed by atoms with van der Waals surface area (Å²) >= 11 is 6.51. The van der Waals surface area contributed by atoms with E-state index in [0.29, 0.717) is 35.1 Å². The minimum absolute atomic E-state index is 0.132. The van der Waals surface area contributed by atoms with E-state index in [9.17, 15) is 9.59 Å². The number of carbonyl (C=O) groups is 2. The second-order valence-corrected chi connectivity index (χ2v) is 7.87. The predicted molar refractivity (Wildman–Crippen MR) is 123 cm³/mol. The molecule has 32 heavy (non-hydrogen) atoms. The Morgan fingerprint density at radius 1 is 1.12 bits per heavy atom. The van der Waals surface area contributed by atoms with E-state index >= 15 is 0 Å². The number of benzene rings is 2. The van der Waals surface area contributed by atoms with Crippen LogP contribution in [0.25, 0.3) is 11.0 Å². The Bertz CT molecular complexity index is 1110. The van der Waals surface area contributed by atoms with Gasteiger partial charge in [0.05, 0.1) is 17.0 Å². The second kappa shape index (κ2) is 10.6. The third-order valence-corrected chi connectivity index (χ3v) is 5.28. The summed E-state index contributed by atoms with van der Waals surface area (Å²) in [6, 6.07) is 9.22. The van der Waals surface area contributed by atoms with Crippen LogP contribution in [0.3, 0.4) is 0 Å². The summed E-state index contributed by atoms with van der Waals surface area (Å²) < 4.78 is 22.0. The highest BCUT2D eigenvalue weighted by Gasteiger charge is 2.22. The molecular formula is C25H27ClO6. The molecule has 1 heterocycles. The highest BCUT2D eigenvalue weighted by molar-refractivity contribution is 6.35. The molecule has 0 bridgehead atoms. The lowest BCUT2D eigenvalue weighted by atomic mass is 10.0. The third-order valence-electron chi connectivity index (χ3n) is 5.00. The van der Waals surface area contributed by atoms with Crippen LogP contribution >= 0.6 is 11.6 Å². The molecular weight excluding hydrogens is 432 g/mol. The van der Waals surface area contributed by atoms with Crippen molar-refractivity contribution in [3.8, 4) is 11.5 Å². The molecule has 0 saturated heterocycles. The standard InChI is InChI=1S/C25H27ClO6/c1-5-7-18-13-20(26)25-23(24(18)31-16(4)27)15(3)21(32-25)12-17-8-10-19(11-9-17)30-14-22(28)29-6-2/h8-11,13H,5-7,12,14H2,1-4H3. The lowest BCUT2D eigenvalue weighted by Gasteiger charge is -2.11. The molecule has 0 atom stereocenters. The monoisotopic (exact) mass is 458 g/mol. The first kappa shape index (κ1) is 23.7. The second-order valence-electron chi connectivity index (χ2n) is 7.46. The first-order valence-electron chi connectivity index (χ1n) is 10.6. The molecule has 0 N–H and O–H groups in total. The Balaban J connectivity index is 1.88. The number of carbonyl (C=O) groups excluding carboxylic acids is 2. The molecule has 0 fully saturated rings. The minimum Gasteiger partial charge on any atom is -0.482 e. The zero-order valence-corrected chi connectivity index (χ0v) is 19.5. The Hall–Kier alpha value is -2.99. The molecule has 170 valence electrons. The van der Waals surface area contributed by atoms with Crippen LogP contribution in [0.5, 0.6) is 11.5 Å². The fraction of sp³-hybridized carbons (Fsp3) is 0.360. The first-order chi connectivity index (χ1) is 15.3. The number of rotatable bonds is 9. The van der Waals surface area contributed by atoms with Gasteiger partial charge in [-0.05, 0) is 49.6 Å². The van der Waals surface area contributed by atoms with E-state index in [2.05, 4.69) is 6.92 Å². The van der Waals surface area contributed by atoms with Gasteiger partial charge in [-0.25, -0.2) is 4.79 Å². The smallest absolute Gasteiger partial charge is 0.344 e. The zero-order valence-electron chi connectivity index (χ0n) is 18.7. The van der Waals surface area contributed by atoms with Gasteiger partial charge in [0, 0.05) is 18.9 Å². The van der Waals surface area contributed by atoms with Gasteiger partial charge in [0.2, 0.25) is 0 Å². The number of hydrogen-bond donors (Lipinski definition) is 0. The van der Waals surface area contributed by atoms with Crippen LogP contribution in [0, 0.1) is 6.92 Å². The highest BCUT2D eigenvalue weighted by Crippen LogP contribution is 2.41. The first-order valence-corrected chi connectivity index (χ1v) is 11.0. The maximum absolute atomic E-state index is 11.7. The molecule has 0 saturated carbocycles. The van der Waals surface area contributed by atoms with Crippen LogP contribution in [0.2, 0.25) is 5.02 Å². The molecule has 3 rings (SSSR count). The summed E-state index contributed by atoms with van der Waals surface area (Å²) in [5.41, 5.74) is 3.29. The normalized spacial score (nSPS) is 10.9. The van der Waals surface area contributed by atoms with Crippen molar-refractivity contribution in [3.63, 3.8) is 0 Å². The van der Waals surface area contributed by atoms with Crippen LogP contribution in [0.15, 0.2) is 34.7 Å². The summed E-state index contributed by atoms with van der Waals surface area (Å²) in [5.74, 6) is 1.05. The number of ether oxygens (including phenoxy) is 3. The molecule has 3 aromatic rings. The molecule has 7 heteroatoms. The van der Waals surface area contributed by atoms with Crippen molar-refractivity contribution in [2.24, 2.45) is 0 Å². The minimum atomic E-state index is -0.405. The fourth-order valence-corrected chi connectivity index (χ4v) is 3.83. The molecule has 0 radical (unpaired) electrons. The Morgan fingerprint density at radius 2 is 1.84 bits per heavy atom. The van der Waals surface area contributed by atoms with Crippen molar-refractivity contribution >= 4 is 34.5 Å². The predicted octanol–water partition coefficient (Wildman–Crippen LogP) is 5.81. The van der Waals surface area contributed by atoms with Crippen LogP contribution in [-0.4, -0.2) is 25.2 Å². The largest absolute Gasteiger partial charge is 0.482 e.